The van der Waals surface area contributed by atoms with Crippen LogP contribution in [0.1, 0.15) is 30.4 Å². The first-order chi connectivity index (χ1) is 9.66. The van der Waals surface area contributed by atoms with Gasteiger partial charge in [0, 0.05) is 30.1 Å². The van der Waals surface area contributed by atoms with Crippen LogP contribution in [0.4, 0.5) is 0 Å². The van der Waals surface area contributed by atoms with Crippen molar-refractivity contribution in [3.8, 4) is 0 Å². The molecule has 0 saturated carbocycles. The van der Waals surface area contributed by atoms with Crippen molar-refractivity contribution in [2.75, 3.05) is 18.2 Å². The lowest BCUT2D eigenvalue weighted by molar-refractivity contribution is -0.133. The van der Waals surface area contributed by atoms with E-state index >= 15 is 0 Å². The van der Waals surface area contributed by atoms with Gasteiger partial charge < -0.3 is 4.90 Å². The molecule has 4 heteroatoms. The standard InChI is InChI=1S/C16H22N2OS/c1-11-5-3-4-6-14(11)13-7-12(2)18(8-13)16(19)15-9-20-10-17-15/h3-6,12-13,15,17H,7-10H2,1-2H3/t12-,13+,15+/m0/s1. The van der Waals surface area contributed by atoms with Crippen LogP contribution in [-0.2, 0) is 4.79 Å². The van der Waals surface area contributed by atoms with Crippen molar-refractivity contribution in [2.45, 2.75) is 38.3 Å². The zero-order valence-electron chi connectivity index (χ0n) is 12.1. The Balaban J connectivity index is 1.73. The third-order valence-electron chi connectivity index (χ3n) is 4.50. The first kappa shape index (κ1) is 14.0. The normalized spacial score (nSPS) is 29.9. The Morgan fingerprint density at radius 2 is 2.20 bits per heavy atom. The van der Waals surface area contributed by atoms with E-state index in [2.05, 4.69) is 48.3 Å². The van der Waals surface area contributed by atoms with Gasteiger partial charge in [-0.1, -0.05) is 24.3 Å². The van der Waals surface area contributed by atoms with Crippen LogP contribution in [0.25, 0.3) is 0 Å². The Kier molecular flexibility index (Phi) is 4.03. The highest BCUT2D eigenvalue weighted by Crippen LogP contribution is 2.33. The van der Waals surface area contributed by atoms with Gasteiger partial charge in [0.25, 0.3) is 0 Å². The largest absolute Gasteiger partial charge is 0.338 e. The fraction of sp³-hybridized carbons (Fsp3) is 0.562. The van der Waals surface area contributed by atoms with Gasteiger partial charge in [0.1, 0.15) is 0 Å². The molecule has 2 aliphatic heterocycles. The zero-order valence-corrected chi connectivity index (χ0v) is 13.0. The molecule has 2 aliphatic rings. The lowest BCUT2D eigenvalue weighted by Crippen LogP contribution is -2.46. The van der Waals surface area contributed by atoms with Crippen molar-refractivity contribution in [2.24, 2.45) is 0 Å². The maximum absolute atomic E-state index is 12.6. The quantitative estimate of drug-likeness (QED) is 0.907. The van der Waals surface area contributed by atoms with E-state index in [9.17, 15) is 4.79 Å². The summed E-state index contributed by atoms with van der Waals surface area (Å²) < 4.78 is 0. The number of amides is 1. The molecule has 0 radical (unpaired) electrons. The molecule has 108 valence electrons. The van der Waals surface area contributed by atoms with Crippen LogP contribution in [0, 0.1) is 6.92 Å². The second kappa shape index (κ2) is 5.78. The summed E-state index contributed by atoms with van der Waals surface area (Å²) in [5, 5.41) is 3.29. The van der Waals surface area contributed by atoms with Crippen LogP contribution in [0.2, 0.25) is 0 Å². The molecule has 1 aromatic rings. The predicted octanol–water partition coefficient (Wildman–Crippen LogP) is 2.36. The SMILES string of the molecule is Cc1ccccc1[C@@H]1C[C@H](C)N(C(=O)[C@H]2CSCN2)C1. The molecule has 2 fully saturated rings. The van der Waals surface area contributed by atoms with Crippen molar-refractivity contribution in [3.63, 3.8) is 0 Å². The van der Waals surface area contributed by atoms with Crippen LogP contribution in [-0.4, -0.2) is 41.1 Å². The summed E-state index contributed by atoms with van der Waals surface area (Å²) in [5.41, 5.74) is 2.75. The van der Waals surface area contributed by atoms with Gasteiger partial charge in [0.05, 0.1) is 6.04 Å². The molecular weight excluding hydrogens is 268 g/mol. The summed E-state index contributed by atoms with van der Waals surface area (Å²) in [7, 11) is 0. The van der Waals surface area contributed by atoms with Crippen molar-refractivity contribution < 1.29 is 4.79 Å². The number of carbonyl (C=O) groups is 1. The highest BCUT2D eigenvalue weighted by molar-refractivity contribution is 7.99. The molecule has 1 aromatic carbocycles. The van der Waals surface area contributed by atoms with Gasteiger partial charge in [-0.3, -0.25) is 10.1 Å². The Morgan fingerprint density at radius 3 is 2.90 bits per heavy atom. The van der Waals surface area contributed by atoms with Gasteiger partial charge in [-0.2, -0.15) is 0 Å². The van der Waals surface area contributed by atoms with E-state index in [0.29, 0.717) is 17.9 Å². The van der Waals surface area contributed by atoms with Crippen LogP contribution < -0.4 is 5.32 Å². The highest BCUT2D eigenvalue weighted by Gasteiger charge is 2.37. The van der Waals surface area contributed by atoms with E-state index in [1.807, 2.05) is 11.8 Å². The van der Waals surface area contributed by atoms with Crippen molar-refractivity contribution in [3.05, 3.63) is 35.4 Å². The Bertz CT molecular complexity index is 499. The Morgan fingerprint density at radius 1 is 1.40 bits per heavy atom. The molecule has 2 saturated heterocycles. The van der Waals surface area contributed by atoms with Crippen LogP contribution >= 0.6 is 11.8 Å². The van der Waals surface area contributed by atoms with E-state index in [1.54, 1.807) is 0 Å². The molecule has 0 aliphatic carbocycles. The van der Waals surface area contributed by atoms with Gasteiger partial charge in [0.2, 0.25) is 5.91 Å². The molecule has 1 amide bonds. The number of rotatable bonds is 2. The van der Waals surface area contributed by atoms with Crippen molar-refractivity contribution in [1.29, 1.82) is 0 Å². The summed E-state index contributed by atoms with van der Waals surface area (Å²) in [6.45, 7) is 5.21. The first-order valence-electron chi connectivity index (χ1n) is 7.34. The number of likely N-dealkylation sites (tertiary alicyclic amines) is 1. The van der Waals surface area contributed by atoms with Gasteiger partial charge >= 0.3 is 0 Å². The number of aryl methyl sites for hydroxylation is 1. The van der Waals surface area contributed by atoms with E-state index in [0.717, 1.165) is 24.6 Å². The lowest BCUT2D eigenvalue weighted by atomic mass is 9.93. The van der Waals surface area contributed by atoms with Gasteiger partial charge in [-0.15, -0.1) is 11.8 Å². The van der Waals surface area contributed by atoms with Gasteiger partial charge in [-0.05, 0) is 31.4 Å². The second-order valence-corrected chi connectivity index (χ2v) is 6.93. The molecule has 0 spiro atoms. The van der Waals surface area contributed by atoms with Crippen LogP contribution in [0.5, 0.6) is 0 Å². The number of hydrogen-bond donors (Lipinski definition) is 1. The summed E-state index contributed by atoms with van der Waals surface area (Å²) in [4.78, 5) is 14.7. The molecule has 0 bridgehead atoms. The number of carbonyl (C=O) groups excluding carboxylic acids is 1. The molecule has 20 heavy (non-hydrogen) atoms. The van der Waals surface area contributed by atoms with Gasteiger partial charge in [0.15, 0.2) is 0 Å². The topological polar surface area (TPSA) is 32.3 Å². The Hall–Kier alpha value is -1.000. The van der Waals surface area contributed by atoms with Crippen molar-refractivity contribution in [1.82, 2.24) is 10.2 Å². The number of benzene rings is 1. The maximum Gasteiger partial charge on any atom is 0.240 e. The van der Waals surface area contributed by atoms with Crippen LogP contribution in [0.3, 0.4) is 0 Å². The average Bonchev–Trinajstić information content (AvgIpc) is 3.08. The van der Waals surface area contributed by atoms with E-state index in [1.165, 1.54) is 11.1 Å². The number of nitrogens with one attached hydrogen (secondary N) is 1. The summed E-state index contributed by atoms with van der Waals surface area (Å²) >= 11 is 1.81. The van der Waals surface area contributed by atoms with Crippen molar-refractivity contribution >= 4 is 17.7 Å². The van der Waals surface area contributed by atoms with Crippen LogP contribution in [0.15, 0.2) is 24.3 Å². The van der Waals surface area contributed by atoms with E-state index < -0.39 is 0 Å². The summed E-state index contributed by atoms with van der Waals surface area (Å²) in [5.74, 6) is 2.60. The maximum atomic E-state index is 12.6. The first-order valence-corrected chi connectivity index (χ1v) is 8.49. The minimum absolute atomic E-state index is 0.0260. The number of thioether (sulfide) groups is 1. The highest BCUT2D eigenvalue weighted by atomic mass is 32.2. The van der Waals surface area contributed by atoms with Gasteiger partial charge in [-0.25, -0.2) is 0 Å². The molecule has 0 unspecified atom stereocenters. The fourth-order valence-corrected chi connectivity index (χ4v) is 4.30. The molecule has 1 N–H and O–H groups in total. The van der Waals surface area contributed by atoms with E-state index in [-0.39, 0.29) is 6.04 Å². The summed E-state index contributed by atoms with van der Waals surface area (Å²) in [6, 6.07) is 8.94. The van der Waals surface area contributed by atoms with E-state index in [4.69, 9.17) is 0 Å². The third kappa shape index (κ3) is 2.59. The molecule has 2 heterocycles. The number of nitrogens with zero attached hydrogens (tertiary/aromatic N) is 1. The monoisotopic (exact) mass is 290 g/mol. The second-order valence-electron chi connectivity index (χ2n) is 5.90. The predicted molar refractivity (Wildman–Crippen MR) is 84.0 cm³/mol. The molecule has 3 rings (SSSR count). The third-order valence-corrected chi connectivity index (χ3v) is 5.44. The zero-order chi connectivity index (χ0) is 14.1. The average molecular weight is 290 g/mol. The number of hydrogen-bond acceptors (Lipinski definition) is 3. The molecule has 3 nitrogen and oxygen atoms in total. The fourth-order valence-electron chi connectivity index (χ4n) is 3.36. The molecular formula is C16H22N2OS. The molecule has 0 aromatic heterocycles. The Labute approximate surface area is 125 Å². The molecule has 3 atom stereocenters. The lowest BCUT2D eigenvalue weighted by Gasteiger charge is -2.24. The minimum atomic E-state index is 0.0260. The smallest absolute Gasteiger partial charge is 0.240 e. The minimum Gasteiger partial charge on any atom is -0.338 e. The summed E-state index contributed by atoms with van der Waals surface area (Å²) in [6.07, 6.45) is 1.08.